The van der Waals surface area contributed by atoms with Gasteiger partial charge >= 0.3 is 0 Å². The summed E-state index contributed by atoms with van der Waals surface area (Å²) in [7, 11) is 0. The third-order valence-electron chi connectivity index (χ3n) is 2.90. The first-order chi connectivity index (χ1) is 7.76. The van der Waals surface area contributed by atoms with Gasteiger partial charge in [-0.3, -0.25) is 0 Å². The molecule has 16 heavy (non-hydrogen) atoms. The van der Waals surface area contributed by atoms with Crippen LogP contribution in [0.1, 0.15) is 55.7 Å². The zero-order chi connectivity index (χ0) is 11.8. The number of thiophene rings is 1. The zero-order valence-corrected chi connectivity index (χ0v) is 11.7. The lowest BCUT2D eigenvalue weighted by molar-refractivity contribution is 0.435. The molecule has 0 radical (unpaired) electrons. The first-order valence-electron chi connectivity index (χ1n) is 6.55. The van der Waals surface area contributed by atoms with Gasteiger partial charge in [0.2, 0.25) is 0 Å². The molecule has 0 aromatic carbocycles. The average Bonchev–Trinajstić information content (AvgIpc) is 2.68. The Kier molecular flexibility index (Phi) is 6.74. The Balaban J connectivity index is 2.30. The van der Waals surface area contributed by atoms with Gasteiger partial charge in [0.05, 0.1) is 0 Å². The van der Waals surface area contributed by atoms with Gasteiger partial charge in [0.1, 0.15) is 0 Å². The van der Waals surface area contributed by atoms with E-state index in [1.807, 2.05) is 11.3 Å². The van der Waals surface area contributed by atoms with Crippen LogP contribution in [0.2, 0.25) is 0 Å². The number of hydrogen-bond acceptors (Lipinski definition) is 2. The minimum absolute atomic E-state index is 0.715. The largest absolute Gasteiger partial charge is 0.309 e. The van der Waals surface area contributed by atoms with Crippen molar-refractivity contribution in [3.8, 4) is 0 Å². The molecular weight excluding hydrogens is 214 g/mol. The summed E-state index contributed by atoms with van der Waals surface area (Å²) < 4.78 is 0. The molecular formula is C14H25NS. The summed E-state index contributed by atoms with van der Waals surface area (Å²) in [5, 5.41) is 3.70. The molecule has 0 saturated carbocycles. The Hall–Kier alpha value is -0.340. The second kappa shape index (κ2) is 7.86. The Morgan fingerprint density at radius 3 is 2.56 bits per heavy atom. The van der Waals surface area contributed by atoms with Crippen molar-refractivity contribution in [3.05, 3.63) is 21.9 Å². The van der Waals surface area contributed by atoms with E-state index in [2.05, 4.69) is 38.2 Å². The van der Waals surface area contributed by atoms with Gasteiger partial charge in [0.25, 0.3) is 0 Å². The summed E-state index contributed by atoms with van der Waals surface area (Å²) in [5.74, 6) is 0. The highest BCUT2D eigenvalue weighted by Gasteiger charge is 2.06. The van der Waals surface area contributed by atoms with Crippen molar-refractivity contribution >= 4 is 11.3 Å². The van der Waals surface area contributed by atoms with Gasteiger partial charge in [-0.2, -0.15) is 0 Å². The molecule has 0 aliphatic carbocycles. The molecule has 1 N–H and O–H groups in total. The van der Waals surface area contributed by atoms with Crippen LogP contribution < -0.4 is 5.32 Å². The number of rotatable bonds is 8. The molecule has 1 aromatic rings. The van der Waals surface area contributed by atoms with Gasteiger partial charge in [-0.15, -0.1) is 11.3 Å². The minimum atomic E-state index is 0.715. The standard InChI is InChI=1S/C14H25NS/c1-4-6-8-13(7-5-2)15-11-14-10-9-12(3)16-14/h9-10,13,15H,4-8,11H2,1-3H3. The molecule has 0 bridgehead atoms. The minimum Gasteiger partial charge on any atom is -0.309 e. The summed E-state index contributed by atoms with van der Waals surface area (Å²) in [4.78, 5) is 2.88. The van der Waals surface area contributed by atoms with Crippen LogP contribution in [0.3, 0.4) is 0 Å². The smallest absolute Gasteiger partial charge is 0.0302 e. The summed E-state index contributed by atoms with van der Waals surface area (Å²) in [5.41, 5.74) is 0. The van der Waals surface area contributed by atoms with E-state index in [0.717, 1.165) is 6.54 Å². The van der Waals surface area contributed by atoms with E-state index < -0.39 is 0 Å². The molecule has 1 aromatic heterocycles. The Labute approximate surface area is 104 Å². The fraction of sp³-hybridized carbons (Fsp3) is 0.714. The van der Waals surface area contributed by atoms with E-state index in [1.54, 1.807) is 0 Å². The third kappa shape index (κ3) is 5.13. The normalized spacial score (nSPS) is 12.9. The maximum absolute atomic E-state index is 3.70. The van der Waals surface area contributed by atoms with Crippen LogP contribution in [0.4, 0.5) is 0 Å². The molecule has 0 amide bonds. The Bertz CT molecular complexity index is 280. The molecule has 1 nitrogen and oxygen atoms in total. The van der Waals surface area contributed by atoms with Crippen LogP contribution in [-0.2, 0) is 6.54 Å². The highest BCUT2D eigenvalue weighted by Crippen LogP contribution is 2.15. The van der Waals surface area contributed by atoms with Crippen molar-refractivity contribution in [1.29, 1.82) is 0 Å². The lowest BCUT2D eigenvalue weighted by Gasteiger charge is -2.17. The zero-order valence-electron chi connectivity index (χ0n) is 10.9. The fourth-order valence-corrected chi connectivity index (χ4v) is 2.81. The van der Waals surface area contributed by atoms with Crippen LogP contribution >= 0.6 is 11.3 Å². The molecule has 0 aliphatic heterocycles. The van der Waals surface area contributed by atoms with Crippen molar-refractivity contribution in [3.63, 3.8) is 0 Å². The second-order valence-electron chi connectivity index (χ2n) is 4.52. The highest BCUT2D eigenvalue weighted by atomic mass is 32.1. The maximum Gasteiger partial charge on any atom is 0.0302 e. The summed E-state index contributed by atoms with van der Waals surface area (Å²) >= 11 is 1.91. The van der Waals surface area contributed by atoms with Gasteiger partial charge in [0.15, 0.2) is 0 Å². The molecule has 0 fully saturated rings. The van der Waals surface area contributed by atoms with Gasteiger partial charge in [0, 0.05) is 22.3 Å². The molecule has 1 unspecified atom stereocenters. The van der Waals surface area contributed by atoms with Crippen LogP contribution in [0.5, 0.6) is 0 Å². The SMILES string of the molecule is CCCCC(CCC)NCc1ccc(C)s1. The van der Waals surface area contributed by atoms with E-state index in [1.165, 1.54) is 41.9 Å². The predicted molar refractivity (Wildman–Crippen MR) is 74.1 cm³/mol. The summed E-state index contributed by atoms with van der Waals surface area (Å²) in [6.45, 7) is 7.77. The van der Waals surface area contributed by atoms with Crippen molar-refractivity contribution in [2.24, 2.45) is 0 Å². The monoisotopic (exact) mass is 239 g/mol. The van der Waals surface area contributed by atoms with Gasteiger partial charge < -0.3 is 5.32 Å². The number of unbranched alkanes of at least 4 members (excludes halogenated alkanes) is 1. The van der Waals surface area contributed by atoms with Crippen molar-refractivity contribution in [2.45, 2.75) is 65.5 Å². The van der Waals surface area contributed by atoms with Crippen molar-refractivity contribution in [2.75, 3.05) is 0 Å². The third-order valence-corrected chi connectivity index (χ3v) is 3.90. The summed E-state index contributed by atoms with van der Waals surface area (Å²) in [6.07, 6.45) is 6.57. The molecule has 1 atom stereocenters. The topological polar surface area (TPSA) is 12.0 Å². The second-order valence-corrected chi connectivity index (χ2v) is 5.89. The lowest BCUT2D eigenvalue weighted by Crippen LogP contribution is -2.28. The van der Waals surface area contributed by atoms with Gasteiger partial charge in [-0.1, -0.05) is 33.1 Å². The van der Waals surface area contributed by atoms with Gasteiger partial charge in [-0.25, -0.2) is 0 Å². The number of hydrogen-bond donors (Lipinski definition) is 1. The molecule has 0 saturated heterocycles. The van der Waals surface area contributed by atoms with E-state index >= 15 is 0 Å². The maximum atomic E-state index is 3.70. The van der Waals surface area contributed by atoms with Crippen LogP contribution in [-0.4, -0.2) is 6.04 Å². The van der Waals surface area contributed by atoms with E-state index in [0.29, 0.717) is 6.04 Å². The molecule has 1 rings (SSSR count). The van der Waals surface area contributed by atoms with Crippen LogP contribution in [0.15, 0.2) is 12.1 Å². The molecule has 0 aliphatic rings. The van der Waals surface area contributed by atoms with E-state index in [9.17, 15) is 0 Å². The van der Waals surface area contributed by atoms with Crippen LogP contribution in [0.25, 0.3) is 0 Å². The highest BCUT2D eigenvalue weighted by molar-refractivity contribution is 7.11. The first-order valence-corrected chi connectivity index (χ1v) is 7.36. The predicted octanol–water partition coefficient (Wildman–Crippen LogP) is 4.51. The fourth-order valence-electron chi connectivity index (χ4n) is 1.97. The van der Waals surface area contributed by atoms with Crippen LogP contribution in [0, 0.1) is 6.92 Å². The molecule has 1 heterocycles. The lowest BCUT2D eigenvalue weighted by atomic mass is 10.1. The molecule has 92 valence electrons. The first kappa shape index (κ1) is 13.7. The number of aryl methyl sites for hydroxylation is 1. The van der Waals surface area contributed by atoms with Crippen molar-refractivity contribution < 1.29 is 0 Å². The molecule has 0 spiro atoms. The van der Waals surface area contributed by atoms with E-state index in [-0.39, 0.29) is 0 Å². The molecule has 2 heteroatoms. The Morgan fingerprint density at radius 2 is 2.00 bits per heavy atom. The quantitative estimate of drug-likeness (QED) is 0.704. The number of nitrogens with one attached hydrogen (secondary N) is 1. The van der Waals surface area contributed by atoms with E-state index in [4.69, 9.17) is 0 Å². The summed E-state index contributed by atoms with van der Waals surface area (Å²) in [6, 6.07) is 5.17. The van der Waals surface area contributed by atoms with Gasteiger partial charge in [-0.05, 0) is 31.9 Å². The van der Waals surface area contributed by atoms with Crippen molar-refractivity contribution in [1.82, 2.24) is 5.32 Å². The average molecular weight is 239 g/mol. The Morgan fingerprint density at radius 1 is 1.19 bits per heavy atom.